The summed E-state index contributed by atoms with van der Waals surface area (Å²) in [6.07, 6.45) is 1.78. The van der Waals surface area contributed by atoms with Crippen molar-refractivity contribution in [2.24, 2.45) is 0 Å². The summed E-state index contributed by atoms with van der Waals surface area (Å²) in [5.41, 5.74) is 3.72. The van der Waals surface area contributed by atoms with Crippen molar-refractivity contribution in [2.45, 2.75) is 6.92 Å². The van der Waals surface area contributed by atoms with Crippen LogP contribution >= 0.6 is 0 Å². The van der Waals surface area contributed by atoms with Crippen LogP contribution in [0.1, 0.15) is 5.69 Å². The summed E-state index contributed by atoms with van der Waals surface area (Å²) in [6.45, 7) is 1.95. The van der Waals surface area contributed by atoms with Gasteiger partial charge in [0.05, 0.1) is 23.3 Å². The van der Waals surface area contributed by atoms with Gasteiger partial charge in [-0.05, 0) is 31.2 Å². The van der Waals surface area contributed by atoms with E-state index in [1.165, 1.54) is 0 Å². The normalized spacial score (nSPS) is 10.5. The van der Waals surface area contributed by atoms with Gasteiger partial charge in [0.2, 0.25) is 5.95 Å². The van der Waals surface area contributed by atoms with Crippen LogP contribution in [0.15, 0.2) is 48.7 Å². The molecule has 0 saturated carbocycles. The second kappa shape index (κ2) is 5.13. The molecule has 0 aliphatic heterocycles. The van der Waals surface area contributed by atoms with E-state index in [-0.39, 0.29) is 0 Å². The van der Waals surface area contributed by atoms with Crippen LogP contribution in [0.5, 0.6) is 0 Å². The molecule has 0 fully saturated rings. The van der Waals surface area contributed by atoms with Gasteiger partial charge in [-0.25, -0.2) is 14.6 Å². The van der Waals surface area contributed by atoms with Gasteiger partial charge in [-0.3, -0.25) is 0 Å². The summed E-state index contributed by atoms with van der Waals surface area (Å²) in [5, 5.41) is 7.36. The molecule has 3 aromatic rings. The Bertz CT molecular complexity index is 718. The number of hydrogen-bond acceptors (Lipinski definition) is 4. The molecule has 2 aromatic heterocycles. The zero-order valence-corrected chi connectivity index (χ0v) is 11.4. The molecule has 0 aliphatic rings. The van der Waals surface area contributed by atoms with Crippen molar-refractivity contribution < 1.29 is 0 Å². The van der Waals surface area contributed by atoms with Crippen molar-refractivity contribution >= 4 is 5.95 Å². The van der Waals surface area contributed by atoms with Crippen LogP contribution in [0.25, 0.3) is 17.1 Å². The Kier molecular flexibility index (Phi) is 3.16. The van der Waals surface area contributed by atoms with Gasteiger partial charge < -0.3 is 5.32 Å². The van der Waals surface area contributed by atoms with Crippen LogP contribution in [-0.2, 0) is 0 Å². The topological polar surface area (TPSA) is 55.6 Å². The van der Waals surface area contributed by atoms with Gasteiger partial charge in [-0.2, -0.15) is 5.10 Å². The van der Waals surface area contributed by atoms with Crippen LogP contribution < -0.4 is 5.32 Å². The van der Waals surface area contributed by atoms with E-state index in [0.717, 1.165) is 22.8 Å². The average Bonchev–Trinajstić information content (AvgIpc) is 2.97. The fourth-order valence-electron chi connectivity index (χ4n) is 2.08. The number of nitrogens with zero attached hydrogens (tertiary/aromatic N) is 4. The SMILES string of the molecule is CNc1nc(C)cc(-c2ccnn2-c2ccccc2)n1. The van der Waals surface area contributed by atoms with Crippen LogP contribution in [0.2, 0.25) is 0 Å². The lowest BCUT2D eigenvalue weighted by molar-refractivity contribution is 0.882. The molecule has 0 unspecified atom stereocenters. The maximum Gasteiger partial charge on any atom is 0.223 e. The first kappa shape index (κ1) is 12.3. The van der Waals surface area contributed by atoms with Gasteiger partial charge >= 0.3 is 0 Å². The highest BCUT2D eigenvalue weighted by atomic mass is 15.3. The van der Waals surface area contributed by atoms with E-state index in [1.54, 1.807) is 6.20 Å². The molecule has 5 nitrogen and oxygen atoms in total. The molecule has 0 aliphatic carbocycles. The van der Waals surface area contributed by atoms with Crippen LogP contribution in [-0.4, -0.2) is 26.8 Å². The number of benzene rings is 1. The highest BCUT2D eigenvalue weighted by Crippen LogP contribution is 2.21. The van der Waals surface area contributed by atoms with E-state index in [9.17, 15) is 0 Å². The maximum atomic E-state index is 4.50. The Labute approximate surface area is 117 Å². The van der Waals surface area contributed by atoms with Crippen LogP contribution in [0, 0.1) is 6.92 Å². The largest absolute Gasteiger partial charge is 0.357 e. The third-order valence-electron chi connectivity index (χ3n) is 2.98. The van der Waals surface area contributed by atoms with Gasteiger partial charge in [-0.15, -0.1) is 0 Å². The number of para-hydroxylation sites is 1. The Morgan fingerprint density at radius 1 is 1.05 bits per heavy atom. The summed E-state index contributed by atoms with van der Waals surface area (Å²) in [7, 11) is 1.81. The molecule has 3 rings (SSSR count). The fraction of sp³-hybridized carbons (Fsp3) is 0.133. The number of aryl methyl sites for hydroxylation is 1. The molecule has 0 spiro atoms. The van der Waals surface area contributed by atoms with Crippen molar-refractivity contribution in [3.05, 3.63) is 54.4 Å². The standard InChI is InChI=1S/C15H15N5/c1-11-10-13(19-15(16-2)18-11)14-8-9-17-20(14)12-6-4-3-5-7-12/h3-10H,1-2H3,(H,16,18,19). The molecular formula is C15H15N5. The lowest BCUT2D eigenvalue weighted by Gasteiger charge is -2.08. The quantitative estimate of drug-likeness (QED) is 0.791. The van der Waals surface area contributed by atoms with Crippen molar-refractivity contribution in [3.8, 4) is 17.1 Å². The monoisotopic (exact) mass is 265 g/mol. The molecule has 0 amide bonds. The lowest BCUT2D eigenvalue weighted by atomic mass is 10.2. The number of hydrogen-bond donors (Lipinski definition) is 1. The van der Waals surface area contributed by atoms with E-state index in [0.29, 0.717) is 5.95 Å². The molecule has 20 heavy (non-hydrogen) atoms. The smallest absolute Gasteiger partial charge is 0.223 e. The van der Waals surface area contributed by atoms with Gasteiger partial charge in [0.1, 0.15) is 0 Å². The lowest BCUT2D eigenvalue weighted by Crippen LogP contribution is -2.03. The second-order valence-electron chi connectivity index (χ2n) is 4.43. The first-order valence-corrected chi connectivity index (χ1v) is 6.41. The predicted octanol–water partition coefficient (Wildman–Crippen LogP) is 2.68. The molecule has 0 radical (unpaired) electrons. The van der Waals surface area contributed by atoms with Gasteiger partial charge in [0, 0.05) is 12.7 Å². The van der Waals surface area contributed by atoms with E-state index in [1.807, 2.05) is 61.1 Å². The number of aromatic nitrogens is 4. The zero-order chi connectivity index (χ0) is 13.9. The van der Waals surface area contributed by atoms with E-state index >= 15 is 0 Å². The first-order chi connectivity index (χ1) is 9.78. The third-order valence-corrected chi connectivity index (χ3v) is 2.98. The molecule has 0 saturated heterocycles. The summed E-state index contributed by atoms with van der Waals surface area (Å²) < 4.78 is 1.88. The van der Waals surface area contributed by atoms with Crippen molar-refractivity contribution in [3.63, 3.8) is 0 Å². The molecule has 2 heterocycles. The Morgan fingerprint density at radius 2 is 1.85 bits per heavy atom. The highest BCUT2D eigenvalue weighted by Gasteiger charge is 2.10. The average molecular weight is 265 g/mol. The van der Waals surface area contributed by atoms with Crippen LogP contribution in [0.3, 0.4) is 0 Å². The summed E-state index contributed by atoms with van der Waals surface area (Å²) >= 11 is 0. The van der Waals surface area contributed by atoms with E-state index in [2.05, 4.69) is 20.4 Å². The minimum absolute atomic E-state index is 0.612. The van der Waals surface area contributed by atoms with Gasteiger partial charge in [-0.1, -0.05) is 18.2 Å². The summed E-state index contributed by atoms with van der Waals surface area (Å²) in [4.78, 5) is 8.81. The van der Waals surface area contributed by atoms with Gasteiger partial charge in [0.25, 0.3) is 0 Å². The van der Waals surface area contributed by atoms with E-state index < -0.39 is 0 Å². The molecule has 0 bridgehead atoms. The van der Waals surface area contributed by atoms with Crippen molar-refractivity contribution in [1.82, 2.24) is 19.7 Å². The Balaban J connectivity index is 2.13. The van der Waals surface area contributed by atoms with Crippen molar-refractivity contribution in [1.29, 1.82) is 0 Å². The third kappa shape index (κ3) is 2.25. The number of anilines is 1. The van der Waals surface area contributed by atoms with Crippen LogP contribution in [0.4, 0.5) is 5.95 Å². The summed E-state index contributed by atoms with van der Waals surface area (Å²) in [6, 6.07) is 13.9. The van der Waals surface area contributed by atoms with Crippen molar-refractivity contribution in [2.75, 3.05) is 12.4 Å². The van der Waals surface area contributed by atoms with Gasteiger partial charge in [0.15, 0.2) is 0 Å². The molecular weight excluding hydrogens is 250 g/mol. The zero-order valence-electron chi connectivity index (χ0n) is 11.4. The first-order valence-electron chi connectivity index (χ1n) is 6.41. The molecule has 1 N–H and O–H groups in total. The molecule has 100 valence electrons. The number of rotatable bonds is 3. The fourth-order valence-corrected chi connectivity index (χ4v) is 2.08. The number of nitrogens with one attached hydrogen (secondary N) is 1. The minimum Gasteiger partial charge on any atom is -0.357 e. The highest BCUT2D eigenvalue weighted by molar-refractivity contribution is 5.59. The maximum absolute atomic E-state index is 4.50. The summed E-state index contributed by atoms with van der Waals surface area (Å²) in [5.74, 6) is 0.612. The predicted molar refractivity (Wildman–Crippen MR) is 78.9 cm³/mol. The molecule has 5 heteroatoms. The van der Waals surface area contributed by atoms with E-state index in [4.69, 9.17) is 0 Å². The molecule has 0 atom stereocenters. The molecule has 1 aromatic carbocycles. The second-order valence-corrected chi connectivity index (χ2v) is 4.43. The minimum atomic E-state index is 0.612. The Hall–Kier alpha value is -2.69. The Morgan fingerprint density at radius 3 is 2.60 bits per heavy atom.